The maximum absolute atomic E-state index is 12.5. The predicted molar refractivity (Wildman–Crippen MR) is 84.3 cm³/mol. The van der Waals surface area contributed by atoms with Crippen LogP contribution in [0, 0.1) is 6.92 Å². The summed E-state index contributed by atoms with van der Waals surface area (Å²) in [6.45, 7) is 2.03. The smallest absolute Gasteiger partial charge is 0.193 e. The topological polar surface area (TPSA) is 30.0 Å². The van der Waals surface area contributed by atoms with Crippen molar-refractivity contribution >= 4 is 5.78 Å². The zero-order valence-corrected chi connectivity index (χ0v) is 11.8. The van der Waals surface area contributed by atoms with Crippen LogP contribution >= 0.6 is 0 Å². The van der Waals surface area contributed by atoms with Gasteiger partial charge in [-0.2, -0.15) is 0 Å². The molecule has 0 fully saturated rings. The number of hydrogen-bond acceptors (Lipinski definition) is 2. The molecule has 0 amide bonds. The Morgan fingerprint density at radius 2 is 1.62 bits per heavy atom. The summed E-state index contributed by atoms with van der Waals surface area (Å²) < 4.78 is 0. The standard InChI is InChI=1S/C19H15NO/c1-14-10-11-16(19(21)15-7-3-2-4-8-15)13-17(14)18-9-5-6-12-20-18/h2-13H,1H3. The van der Waals surface area contributed by atoms with Gasteiger partial charge in [-0.3, -0.25) is 9.78 Å². The van der Waals surface area contributed by atoms with E-state index in [0.717, 1.165) is 16.8 Å². The molecular formula is C19H15NO. The molecular weight excluding hydrogens is 258 g/mol. The highest BCUT2D eigenvalue weighted by molar-refractivity contribution is 6.09. The maximum atomic E-state index is 12.5. The van der Waals surface area contributed by atoms with E-state index in [2.05, 4.69) is 4.98 Å². The first kappa shape index (κ1) is 13.3. The van der Waals surface area contributed by atoms with Crippen LogP contribution in [0.1, 0.15) is 21.5 Å². The Labute approximate surface area is 124 Å². The molecule has 1 heterocycles. The van der Waals surface area contributed by atoms with Gasteiger partial charge in [-0.05, 0) is 30.7 Å². The summed E-state index contributed by atoms with van der Waals surface area (Å²) in [7, 11) is 0. The third kappa shape index (κ3) is 2.75. The van der Waals surface area contributed by atoms with Crippen molar-refractivity contribution in [1.29, 1.82) is 0 Å². The van der Waals surface area contributed by atoms with E-state index in [1.807, 2.05) is 73.7 Å². The van der Waals surface area contributed by atoms with E-state index in [1.54, 1.807) is 6.20 Å². The van der Waals surface area contributed by atoms with Gasteiger partial charge in [0.15, 0.2) is 5.78 Å². The molecule has 0 aliphatic carbocycles. The number of aromatic nitrogens is 1. The second kappa shape index (κ2) is 5.71. The molecule has 1 aromatic heterocycles. The molecule has 21 heavy (non-hydrogen) atoms. The van der Waals surface area contributed by atoms with Gasteiger partial charge in [-0.25, -0.2) is 0 Å². The second-order valence-electron chi connectivity index (χ2n) is 4.94. The van der Waals surface area contributed by atoms with Crippen molar-refractivity contribution in [2.75, 3.05) is 0 Å². The van der Waals surface area contributed by atoms with Gasteiger partial charge in [0, 0.05) is 22.9 Å². The first-order chi connectivity index (χ1) is 10.3. The van der Waals surface area contributed by atoms with Crippen LogP contribution in [0.3, 0.4) is 0 Å². The van der Waals surface area contributed by atoms with Crippen molar-refractivity contribution in [3.05, 3.63) is 89.6 Å². The fourth-order valence-electron chi connectivity index (χ4n) is 2.32. The van der Waals surface area contributed by atoms with Crippen molar-refractivity contribution in [3.63, 3.8) is 0 Å². The lowest BCUT2D eigenvalue weighted by atomic mass is 9.97. The van der Waals surface area contributed by atoms with Gasteiger partial charge in [0.2, 0.25) is 0 Å². The second-order valence-corrected chi connectivity index (χ2v) is 4.94. The van der Waals surface area contributed by atoms with Gasteiger partial charge < -0.3 is 0 Å². The van der Waals surface area contributed by atoms with Crippen LogP contribution in [0.2, 0.25) is 0 Å². The van der Waals surface area contributed by atoms with Crippen molar-refractivity contribution in [2.24, 2.45) is 0 Å². The summed E-state index contributed by atoms with van der Waals surface area (Å²) in [5, 5.41) is 0. The lowest BCUT2D eigenvalue weighted by molar-refractivity contribution is 0.103. The SMILES string of the molecule is Cc1ccc(C(=O)c2ccccc2)cc1-c1ccccn1. The molecule has 3 rings (SSSR count). The largest absolute Gasteiger partial charge is 0.289 e. The number of rotatable bonds is 3. The van der Waals surface area contributed by atoms with E-state index in [0.29, 0.717) is 11.1 Å². The number of nitrogens with zero attached hydrogens (tertiary/aromatic N) is 1. The van der Waals surface area contributed by atoms with Crippen LogP contribution in [-0.4, -0.2) is 10.8 Å². The Balaban J connectivity index is 2.04. The lowest BCUT2D eigenvalue weighted by Crippen LogP contribution is -2.02. The van der Waals surface area contributed by atoms with Crippen molar-refractivity contribution in [1.82, 2.24) is 4.98 Å². The van der Waals surface area contributed by atoms with Crippen LogP contribution in [-0.2, 0) is 0 Å². The molecule has 0 aliphatic rings. The van der Waals surface area contributed by atoms with E-state index >= 15 is 0 Å². The summed E-state index contributed by atoms with van der Waals surface area (Å²) in [5.41, 5.74) is 4.38. The number of carbonyl (C=O) groups excluding carboxylic acids is 1. The Morgan fingerprint density at radius 1 is 0.857 bits per heavy atom. The van der Waals surface area contributed by atoms with E-state index in [9.17, 15) is 4.79 Å². The molecule has 0 radical (unpaired) electrons. The van der Waals surface area contributed by atoms with Gasteiger partial charge in [-0.1, -0.05) is 48.5 Å². The molecule has 0 saturated carbocycles. The fourth-order valence-corrected chi connectivity index (χ4v) is 2.32. The number of aryl methyl sites for hydroxylation is 1. The average molecular weight is 273 g/mol. The maximum Gasteiger partial charge on any atom is 0.193 e. The summed E-state index contributed by atoms with van der Waals surface area (Å²) >= 11 is 0. The van der Waals surface area contributed by atoms with E-state index < -0.39 is 0 Å². The Hall–Kier alpha value is -2.74. The fraction of sp³-hybridized carbons (Fsp3) is 0.0526. The molecule has 102 valence electrons. The quantitative estimate of drug-likeness (QED) is 0.666. The van der Waals surface area contributed by atoms with Crippen LogP contribution in [0.4, 0.5) is 0 Å². The van der Waals surface area contributed by atoms with Crippen LogP contribution < -0.4 is 0 Å². The minimum atomic E-state index is 0.0350. The molecule has 0 unspecified atom stereocenters. The monoisotopic (exact) mass is 273 g/mol. The molecule has 3 aromatic rings. The number of hydrogen-bond donors (Lipinski definition) is 0. The van der Waals surface area contributed by atoms with Crippen LogP contribution in [0.25, 0.3) is 11.3 Å². The Bertz CT molecular complexity index is 764. The molecule has 2 nitrogen and oxygen atoms in total. The number of ketones is 1. The third-order valence-electron chi connectivity index (χ3n) is 3.48. The van der Waals surface area contributed by atoms with E-state index in [1.165, 1.54) is 0 Å². The molecule has 0 atom stereocenters. The van der Waals surface area contributed by atoms with E-state index in [4.69, 9.17) is 0 Å². The van der Waals surface area contributed by atoms with Crippen molar-refractivity contribution in [3.8, 4) is 11.3 Å². The molecule has 0 spiro atoms. The average Bonchev–Trinajstić information content (AvgIpc) is 2.56. The molecule has 0 aliphatic heterocycles. The lowest BCUT2D eigenvalue weighted by Gasteiger charge is -2.08. The highest BCUT2D eigenvalue weighted by atomic mass is 16.1. The van der Waals surface area contributed by atoms with Gasteiger partial charge >= 0.3 is 0 Å². The minimum absolute atomic E-state index is 0.0350. The van der Waals surface area contributed by atoms with E-state index in [-0.39, 0.29) is 5.78 Å². The number of carbonyl (C=O) groups is 1. The molecule has 2 heteroatoms. The normalized spacial score (nSPS) is 10.3. The predicted octanol–water partition coefficient (Wildman–Crippen LogP) is 4.29. The summed E-state index contributed by atoms with van der Waals surface area (Å²) in [5.74, 6) is 0.0350. The Kier molecular flexibility index (Phi) is 3.61. The summed E-state index contributed by atoms with van der Waals surface area (Å²) in [6.07, 6.45) is 1.76. The molecule has 0 bridgehead atoms. The molecule has 0 N–H and O–H groups in total. The zero-order valence-electron chi connectivity index (χ0n) is 11.8. The van der Waals surface area contributed by atoms with Gasteiger partial charge in [0.1, 0.15) is 0 Å². The highest BCUT2D eigenvalue weighted by Gasteiger charge is 2.11. The third-order valence-corrected chi connectivity index (χ3v) is 3.48. The van der Waals surface area contributed by atoms with Crippen molar-refractivity contribution in [2.45, 2.75) is 6.92 Å². The number of benzene rings is 2. The van der Waals surface area contributed by atoms with Gasteiger partial charge in [0.25, 0.3) is 0 Å². The number of pyridine rings is 1. The van der Waals surface area contributed by atoms with Crippen LogP contribution in [0.5, 0.6) is 0 Å². The molecule has 0 saturated heterocycles. The van der Waals surface area contributed by atoms with Crippen LogP contribution in [0.15, 0.2) is 72.9 Å². The first-order valence-corrected chi connectivity index (χ1v) is 6.87. The first-order valence-electron chi connectivity index (χ1n) is 6.87. The molecule has 2 aromatic carbocycles. The minimum Gasteiger partial charge on any atom is -0.289 e. The van der Waals surface area contributed by atoms with Gasteiger partial charge in [0.05, 0.1) is 5.69 Å². The summed E-state index contributed by atoms with van der Waals surface area (Å²) in [4.78, 5) is 16.9. The zero-order chi connectivity index (χ0) is 14.7. The van der Waals surface area contributed by atoms with Crippen molar-refractivity contribution < 1.29 is 4.79 Å². The van der Waals surface area contributed by atoms with Gasteiger partial charge in [-0.15, -0.1) is 0 Å². The Morgan fingerprint density at radius 3 is 2.33 bits per heavy atom. The summed E-state index contributed by atoms with van der Waals surface area (Å²) in [6, 6.07) is 20.9. The highest BCUT2D eigenvalue weighted by Crippen LogP contribution is 2.23.